The molecule has 0 saturated carbocycles. The van der Waals surface area contributed by atoms with E-state index in [1.165, 1.54) is 0 Å². The van der Waals surface area contributed by atoms with Crippen molar-refractivity contribution < 1.29 is 18.7 Å². The fourth-order valence-corrected chi connectivity index (χ4v) is 4.01. The van der Waals surface area contributed by atoms with Gasteiger partial charge in [-0.1, -0.05) is 18.2 Å². The Kier molecular flexibility index (Phi) is 5.80. The highest BCUT2D eigenvalue weighted by molar-refractivity contribution is 6.19. The minimum absolute atomic E-state index is 0.0523. The van der Waals surface area contributed by atoms with Gasteiger partial charge in [0.1, 0.15) is 17.1 Å². The normalized spacial score (nSPS) is 14.2. The molecule has 1 amide bonds. The second-order valence-corrected chi connectivity index (χ2v) is 8.14. The maximum Gasteiger partial charge on any atom is 0.257 e. The molecule has 0 radical (unpaired) electrons. The molecule has 3 aromatic rings. The van der Waals surface area contributed by atoms with E-state index in [2.05, 4.69) is 10.6 Å². The number of ketones is 1. The summed E-state index contributed by atoms with van der Waals surface area (Å²) in [5.74, 6) is 0.937. The lowest BCUT2D eigenvalue weighted by molar-refractivity contribution is -0.123. The number of amides is 1. The molecule has 4 N–H and O–H groups in total. The van der Waals surface area contributed by atoms with E-state index >= 15 is 0 Å². The molecule has 4 rings (SSSR count). The number of para-hydroxylation sites is 1. The van der Waals surface area contributed by atoms with Crippen LogP contribution < -0.4 is 21.1 Å². The van der Waals surface area contributed by atoms with Crippen molar-refractivity contribution in [1.82, 2.24) is 10.6 Å². The van der Waals surface area contributed by atoms with Gasteiger partial charge in [0, 0.05) is 42.5 Å². The van der Waals surface area contributed by atoms with Crippen molar-refractivity contribution in [1.29, 1.82) is 0 Å². The van der Waals surface area contributed by atoms with E-state index in [1.807, 2.05) is 44.2 Å². The summed E-state index contributed by atoms with van der Waals surface area (Å²) in [6.45, 7) is 6.39. The van der Waals surface area contributed by atoms with Gasteiger partial charge in [0.25, 0.3) is 5.91 Å². The maximum atomic E-state index is 13.3. The van der Waals surface area contributed by atoms with Crippen molar-refractivity contribution in [2.24, 2.45) is 5.73 Å². The van der Waals surface area contributed by atoms with Crippen LogP contribution in [-0.2, 0) is 10.2 Å². The van der Waals surface area contributed by atoms with Crippen LogP contribution in [0.4, 0.5) is 0 Å². The van der Waals surface area contributed by atoms with Crippen LogP contribution >= 0.6 is 0 Å². The number of fused-ring (bicyclic) bond motifs is 4. The molecule has 1 aliphatic rings. The Bertz CT molecular complexity index is 1130. The highest BCUT2D eigenvalue weighted by atomic mass is 16.5. The lowest BCUT2D eigenvalue weighted by atomic mass is 9.72. The molecule has 2 aromatic carbocycles. The van der Waals surface area contributed by atoms with Crippen LogP contribution in [0.3, 0.4) is 0 Å². The molecule has 1 aliphatic carbocycles. The van der Waals surface area contributed by atoms with Gasteiger partial charge in [-0.3, -0.25) is 9.59 Å². The van der Waals surface area contributed by atoms with Gasteiger partial charge in [0.2, 0.25) is 0 Å². The largest absolute Gasteiger partial charge is 0.484 e. The van der Waals surface area contributed by atoms with Crippen LogP contribution in [0.2, 0.25) is 0 Å². The van der Waals surface area contributed by atoms with E-state index in [1.54, 1.807) is 12.1 Å². The van der Waals surface area contributed by atoms with Gasteiger partial charge in [0.05, 0.1) is 5.56 Å². The lowest BCUT2D eigenvalue weighted by Crippen LogP contribution is -2.36. The third-order valence-corrected chi connectivity index (χ3v) is 5.61. The van der Waals surface area contributed by atoms with Crippen molar-refractivity contribution in [3.63, 3.8) is 0 Å². The quantitative estimate of drug-likeness (QED) is 0.482. The molecular formula is C24H27N3O4. The summed E-state index contributed by atoms with van der Waals surface area (Å²) in [4.78, 5) is 25.3. The Balaban J connectivity index is 1.51. The number of carbonyl (C=O) groups is 2. The number of hydrogen-bond acceptors (Lipinski definition) is 6. The highest BCUT2D eigenvalue weighted by Crippen LogP contribution is 2.46. The summed E-state index contributed by atoms with van der Waals surface area (Å²) >= 11 is 0. The van der Waals surface area contributed by atoms with Crippen molar-refractivity contribution in [2.45, 2.75) is 19.3 Å². The Morgan fingerprint density at radius 2 is 1.94 bits per heavy atom. The number of rotatable bonds is 8. The third-order valence-electron chi connectivity index (χ3n) is 5.61. The van der Waals surface area contributed by atoms with Gasteiger partial charge in [0.15, 0.2) is 12.4 Å². The molecule has 0 aliphatic heterocycles. The summed E-state index contributed by atoms with van der Waals surface area (Å²) in [5, 5.41) is 6.73. The zero-order valence-corrected chi connectivity index (χ0v) is 17.8. The van der Waals surface area contributed by atoms with E-state index in [9.17, 15) is 9.59 Å². The van der Waals surface area contributed by atoms with Crippen LogP contribution in [0.25, 0.3) is 11.0 Å². The average Bonchev–Trinajstić information content (AvgIpc) is 3.17. The predicted molar refractivity (Wildman–Crippen MR) is 119 cm³/mol. The minimum atomic E-state index is -0.520. The fraction of sp³-hybridized carbons (Fsp3) is 0.333. The van der Waals surface area contributed by atoms with Gasteiger partial charge < -0.3 is 25.5 Å². The number of nitrogens with two attached hydrogens (primary N) is 1. The molecule has 0 spiro atoms. The fourth-order valence-electron chi connectivity index (χ4n) is 4.01. The van der Waals surface area contributed by atoms with Crippen molar-refractivity contribution in [3.05, 3.63) is 64.9 Å². The molecule has 0 unspecified atom stereocenters. The molecule has 0 saturated heterocycles. The van der Waals surface area contributed by atoms with Crippen molar-refractivity contribution in [2.75, 3.05) is 32.8 Å². The lowest BCUT2D eigenvalue weighted by Gasteiger charge is -2.30. The van der Waals surface area contributed by atoms with Crippen LogP contribution in [0, 0.1) is 0 Å². The first-order chi connectivity index (χ1) is 14.9. The summed E-state index contributed by atoms with van der Waals surface area (Å²) < 4.78 is 11.8. The zero-order valence-electron chi connectivity index (χ0n) is 17.8. The molecule has 0 bridgehead atoms. The van der Waals surface area contributed by atoms with Crippen LogP contribution in [0.5, 0.6) is 5.75 Å². The Labute approximate surface area is 180 Å². The van der Waals surface area contributed by atoms with E-state index in [-0.39, 0.29) is 18.3 Å². The van der Waals surface area contributed by atoms with E-state index in [0.717, 1.165) is 10.9 Å². The smallest absolute Gasteiger partial charge is 0.257 e. The molecule has 7 nitrogen and oxygen atoms in total. The number of hydrogen-bond donors (Lipinski definition) is 3. The molecular weight excluding hydrogens is 394 g/mol. The average molecular weight is 421 g/mol. The number of benzene rings is 2. The van der Waals surface area contributed by atoms with Gasteiger partial charge in [-0.05, 0) is 43.7 Å². The summed E-state index contributed by atoms with van der Waals surface area (Å²) in [6, 6.07) is 12.9. The molecule has 0 atom stereocenters. The first kappa shape index (κ1) is 21.1. The zero-order chi connectivity index (χ0) is 22.0. The Morgan fingerprint density at radius 1 is 1.13 bits per heavy atom. The van der Waals surface area contributed by atoms with E-state index in [0.29, 0.717) is 54.4 Å². The van der Waals surface area contributed by atoms with Crippen LogP contribution in [0.15, 0.2) is 46.9 Å². The highest BCUT2D eigenvalue weighted by Gasteiger charge is 2.41. The van der Waals surface area contributed by atoms with E-state index in [4.69, 9.17) is 14.9 Å². The van der Waals surface area contributed by atoms with E-state index < -0.39 is 5.41 Å². The van der Waals surface area contributed by atoms with Crippen molar-refractivity contribution >= 4 is 22.7 Å². The third kappa shape index (κ3) is 3.94. The number of carbonyl (C=O) groups excluding carboxylic acids is 2. The standard InChI is InChI=1S/C24H27N3O4/c1-24(2)18-13-15(30-14-20(28)27-12-11-26-10-9-25)7-8-16(18)22(29)21-17-5-3-4-6-19(17)31-23(21)24/h3-8,13,26H,9-12,14,25H2,1-2H3,(H,27,28). The van der Waals surface area contributed by atoms with Gasteiger partial charge in [-0.2, -0.15) is 0 Å². The monoisotopic (exact) mass is 421 g/mol. The number of furan rings is 1. The molecule has 162 valence electrons. The number of ether oxygens (including phenoxy) is 1. The van der Waals surface area contributed by atoms with Crippen LogP contribution in [0.1, 0.15) is 41.1 Å². The first-order valence-electron chi connectivity index (χ1n) is 10.4. The van der Waals surface area contributed by atoms with Gasteiger partial charge in [-0.25, -0.2) is 0 Å². The molecule has 1 aromatic heterocycles. The SMILES string of the molecule is CC1(C)c2cc(OCC(=O)NCCNCCN)ccc2C(=O)c2c1oc1ccccc21. The number of nitrogens with one attached hydrogen (secondary N) is 2. The first-order valence-corrected chi connectivity index (χ1v) is 10.4. The second-order valence-electron chi connectivity index (χ2n) is 8.14. The summed E-state index contributed by atoms with van der Waals surface area (Å²) in [7, 11) is 0. The molecule has 7 heteroatoms. The summed E-state index contributed by atoms with van der Waals surface area (Å²) in [5.41, 5.74) is 7.68. The maximum absolute atomic E-state index is 13.3. The minimum Gasteiger partial charge on any atom is -0.484 e. The van der Waals surface area contributed by atoms with Crippen LogP contribution in [-0.4, -0.2) is 44.5 Å². The van der Waals surface area contributed by atoms with Gasteiger partial charge >= 0.3 is 0 Å². The summed E-state index contributed by atoms with van der Waals surface area (Å²) in [6.07, 6.45) is 0. The predicted octanol–water partition coefficient (Wildman–Crippen LogP) is 2.35. The van der Waals surface area contributed by atoms with Gasteiger partial charge in [-0.15, -0.1) is 0 Å². The Hall–Kier alpha value is -3.16. The second kappa shape index (κ2) is 8.53. The molecule has 31 heavy (non-hydrogen) atoms. The Morgan fingerprint density at radius 3 is 2.74 bits per heavy atom. The van der Waals surface area contributed by atoms with Crippen molar-refractivity contribution in [3.8, 4) is 5.75 Å². The molecule has 1 heterocycles. The molecule has 0 fully saturated rings. The topological polar surface area (TPSA) is 107 Å².